The summed E-state index contributed by atoms with van der Waals surface area (Å²) in [5.74, 6) is 0.234. The van der Waals surface area contributed by atoms with Gasteiger partial charge in [0.25, 0.3) is 0 Å². The molecule has 1 aromatic carbocycles. The largest absolute Gasteiger partial charge is 0.224 e. The van der Waals surface area contributed by atoms with E-state index in [2.05, 4.69) is 0 Å². The molecule has 0 fully saturated rings. The smallest absolute Gasteiger partial charge is 0.178 e. The van der Waals surface area contributed by atoms with Crippen molar-refractivity contribution in [3.8, 4) is 0 Å². The molecule has 13 heavy (non-hydrogen) atoms. The van der Waals surface area contributed by atoms with Crippen LogP contribution < -0.4 is 0 Å². The van der Waals surface area contributed by atoms with Crippen molar-refractivity contribution in [1.82, 2.24) is 0 Å². The summed E-state index contributed by atoms with van der Waals surface area (Å²) in [5, 5.41) is 0. The molecule has 0 atom stereocenters. The summed E-state index contributed by atoms with van der Waals surface area (Å²) in [6.45, 7) is 3.69. The van der Waals surface area contributed by atoms with Crippen LogP contribution in [0.3, 0.4) is 0 Å². The van der Waals surface area contributed by atoms with Gasteiger partial charge in [-0.05, 0) is 25.0 Å². The quantitative estimate of drug-likeness (QED) is 0.746. The van der Waals surface area contributed by atoms with Crippen LogP contribution in [0.15, 0.2) is 29.2 Å². The molecule has 0 radical (unpaired) electrons. The van der Waals surface area contributed by atoms with Crippen molar-refractivity contribution in [3.05, 3.63) is 29.8 Å². The van der Waals surface area contributed by atoms with Gasteiger partial charge in [0.1, 0.15) is 0 Å². The minimum absolute atomic E-state index is 0.234. The van der Waals surface area contributed by atoms with Crippen molar-refractivity contribution < 1.29 is 8.42 Å². The lowest BCUT2D eigenvalue weighted by Gasteiger charge is -2.05. The minimum Gasteiger partial charge on any atom is -0.224 e. The second kappa shape index (κ2) is 3.92. The van der Waals surface area contributed by atoms with Gasteiger partial charge in [-0.15, -0.1) is 0 Å². The van der Waals surface area contributed by atoms with Crippen LogP contribution in [0.5, 0.6) is 0 Å². The molecule has 0 amide bonds. The van der Waals surface area contributed by atoms with Crippen LogP contribution in [0, 0.1) is 6.92 Å². The monoisotopic (exact) mass is 198 g/mol. The standard InChI is InChI=1S/C10H14O2S/c1-3-8-13(11,12)10-7-5-4-6-9(10)2/h4-7H,3,8H2,1-2H3. The van der Waals surface area contributed by atoms with E-state index in [1.165, 1.54) is 0 Å². The molecule has 3 heteroatoms. The molecule has 0 heterocycles. The average Bonchev–Trinajstić information content (AvgIpc) is 2.04. The average molecular weight is 198 g/mol. The first-order valence-electron chi connectivity index (χ1n) is 4.36. The van der Waals surface area contributed by atoms with Crippen LogP contribution >= 0.6 is 0 Å². The maximum absolute atomic E-state index is 11.7. The van der Waals surface area contributed by atoms with E-state index >= 15 is 0 Å². The lowest BCUT2D eigenvalue weighted by atomic mass is 10.2. The fraction of sp³-hybridized carbons (Fsp3) is 0.400. The van der Waals surface area contributed by atoms with Gasteiger partial charge in [0.05, 0.1) is 10.6 Å². The highest BCUT2D eigenvalue weighted by Crippen LogP contribution is 2.16. The zero-order valence-corrected chi connectivity index (χ0v) is 8.76. The molecule has 0 spiro atoms. The number of rotatable bonds is 3. The van der Waals surface area contributed by atoms with E-state index in [9.17, 15) is 8.42 Å². The van der Waals surface area contributed by atoms with Gasteiger partial charge >= 0.3 is 0 Å². The second-order valence-corrected chi connectivity index (χ2v) is 5.16. The van der Waals surface area contributed by atoms with Crippen molar-refractivity contribution in [2.24, 2.45) is 0 Å². The first-order chi connectivity index (χ1) is 6.08. The maximum atomic E-state index is 11.7. The first kappa shape index (κ1) is 10.3. The third kappa shape index (κ3) is 2.31. The van der Waals surface area contributed by atoms with Crippen LogP contribution in [0.4, 0.5) is 0 Å². The Morgan fingerprint density at radius 3 is 2.38 bits per heavy atom. The molecule has 1 rings (SSSR count). The zero-order valence-electron chi connectivity index (χ0n) is 7.95. The number of benzene rings is 1. The number of hydrogen-bond donors (Lipinski definition) is 0. The summed E-state index contributed by atoms with van der Waals surface area (Å²) in [6.07, 6.45) is 0.663. The third-order valence-corrected chi connectivity index (χ3v) is 3.98. The van der Waals surface area contributed by atoms with Crippen LogP contribution in [-0.4, -0.2) is 14.2 Å². The third-order valence-electron chi connectivity index (χ3n) is 1.90. The van der Waals surface area contributed by atoms with Gasteiger partial charge in [-0.3, -0.25) is 0 Å². The molecule has 0 saturated carbocycles. The molecule has 0 saturated heterocycles. The normalized spacial score (nSPS) is 11.5. The van der Waals surface area contributed by atoms with E-state index < -0.39 is 9.84 Å². The van der Waals surface area contributed by atoms with Crippen LogP contribution in [0.2, 0.25) is 0 Å². The molecule has 0 unspecified atom stereocenters. The van der Waals surface area contributed by atoms with Gasteiger partial charge in [-0.25, -0.2) is 8.42 Å². The lowest BCUT2D eigenvalue weighted by Crippen LogP contribution is -2.07. The lowest BCUT2D eigenvalue weighted by molar-refractivity contribution is 0.594. The summed E-state index contributed by atoms with van der Waals surface area (Å²) < 4.78 is 23.3. The van der Waals surface area contributed by atoms with Gasteiger partial charge in [0, 0.05) is 0 Å². The summed E-state index contributed by atoms with van der Waals surface area (Å²) in [4.78, 5) is 0.469. The Kier molecular flexibility index (Phi) is 3.09. The fourth-order valence-corrected chi connectivity index (χ4v) is 2.89. The first-order valence-corrected chi connectivity index (χ1v) is 6.01. The van der Waals surface area contributed by atoms with Gasteiger partial charge in [-0.1, -0.05) is 25.1 Å². The highest BCUT2D eigenvalue weighted by atomic mass is 32.2. The fourth-order valence-electron chi connectivity index (χ4n) is 1.28. The van der Waals surface area contributed by atoms with Crippen molar-refractivity contribution >= 4 is 9.84 Å². The van der Waals surface area contributed by atoms with Crippen molar-refractivity contribution in [2.45, 2.75) is 25.2 Å². The minimum atomic E-state index is -3.04. The molecular weight excluding hydrogens is 184 g/mol. The molecule has 1 aromatic rings. The van der Waals surface area contributed by atoms with Crippen molar-refractivity contribution in [3.63, 3.8) is 0 Å². The summed E-state index contributed by atoms with van der Waals surface area (Å²) in [6, 6.07) is 7.10. The molecule has 0 N–H and O–H groups in total. The Balaban J connectivity index is 3.15. The maximum Gasteiger partial charge on any atom is 0.178 e. The molecule has 72 valence electrons. The van der Waals surface area contributed by atoms with Gasteiger partial charge < -0.3 is 0 Å². The molecule has 0 aliphatic rings. The van der Waals surface area contributed by atoms with E-state index in [1.54, 1.807) is 12.1 Å². The van der Waals surface area contributed by atoms with E-state index in [1.807, 2.05) is 26.0 Å². The highest BCUT2D eigenvalue weighted by molar-refractivity contribution is 7.91. The van der Waals surface area contributed by atoms with Gasteiger partial charge in [0.2, 0.25) is 0 Å². The van der Waals surface area contributed by atoms with E-state index in [0.717, 1.165) is 5.56 Å². The van der Waals surface area contributed by atoms with E-state index in [4.69, 9.17) is 0 Å². The predicted molar refractivity (Wildman–Crippen MR) is 53.5 cm³/mol. The Morgan fingerprint density at radius 1 is 1.23 bits per heavy atom. The highest BCUT2D eigenvalue weighted by Gasteiger charge is 2.14. The summed E-state index contributed by atoms with van der Waals surface area (Å²) >= 11 is 0. The Bertz CT molecular complexity index is 380. The van der Waals surface area contributed by atoms with Gasteiger partial charge in [0.15, 0.2) is 9.84 Å². The Hall–Kier alpha value is -0.830. The van der Waals surface area contributed by atoms with E-state index in [0.29, 0.717) is 11.3 Å². The Morgan fingerprint density at radius 2 is 1.85 bits per heavy atom. The van der Waals surface area contributed by atoms with Crippen molar-refractivity contribution in [1.29, 1.82) is 0 Å². The van der Waals surface area contributed by atoms with E-state index in [-0.39, 0.29) is 5.75 Å². The topological polar surface area (TPSA) is 34.1 Å². The van der Waals surface area contributed by atoms with Crippen LogP contribution in [-0.2, 0) is 9.84 Å². The summed E-state index contributed by atoms with van der Waals surface area (Å²) in [7, 11) is -3.04. The van der Waals surface area contributed by atoms with Gasteiger partial charge in [-0.2, -0.15) is 0 Å². The molecule has 0 aromatic heterocycles. The SMILES string of the molecule is CCCS(=O)(=O)c1ccccc1C. The number of hydrogen-bond acceptors (Lipinski definition) is 2. The van der Waals surface area contributed by atoms with Crippen LogP contribution in [0.1, 0.15) is 18.9 Å². The molecular formula is C10H14O2S. The predicted octanol–water partition coefficient (Wildman–Crippen LogP) is 2.18. The Labute approximate surface area is 79.5 Å². The molecule has 0 aliphatic heterocycles. The van der Waals surface area contributed by atoms with Crippen LogP contribution in [0.25, 0.3) is 0 Å². The molecule has 2 nitrogen and oxygen atoms in total. The number of sulfone groups is 1. The van der Waals surface area contributed by atoms with Crippen molar-refractivity contribution in [2.75, 3.05) is 5.75 Å². The molecule has 0 aliphatic carbocycles. The second-order valence-electron chi connectivity index (χ2n) is 3.08. The molecule has 0 bridgehead atoms. The summed E-state index contributed by atoms with van der Waals surface area (Å²) in [5.41, 5.74) is 0.830. The number of aryl methyl sites for hydroxylation is 1. The zero-order chi connectivity index (χ0) is 9.90.